The molecule has 2 aliphatic rings. The molecule has 1 aromatic rings. The molecule has 156 valence electrons. The van der Waals surface area contributed by atoms with Gasteiger partial charge in [-0.05, 0) is 45.0 Å². The van der Waals surface area contributed by atoms with Crippen LogP contribution < -0.4 is 0 Å². The van der Waals surface area contributed by atoms with Crippen LogP contribution in [0.25, 0.3) is 0 Å². The molecule has 2 N–H and O–H groups in total. The van der Waals surface area contributed by atoms with E-state index in [1.807, 2.05) is 0 Å². The predicted molar refractivity (Wildman–Crippen MR) is 108 cm³/mol. The molecule has 0 amide bonds. The molecule has 2 fully saturated rings. The van der Waals surface area contributed by atoms with Gasteiger partial charge in [0.1, 0.15) is 0 Å². The summed E-state index contributed by atoms with van der Waals surface area (Å²) in [6.45, 7) is 14.4. The molecule has 28 heavy (non-hydrogen) atoms. The largest absolute Gasteiger partial charge is 0.473 e. The summed E-state index contributed by atoms with van der Waals surface area (Å²) in [7, 11) is 0. The van der Waals surface area contributed by atoms with Crippen molar-refractivity contribution in [3.63, 3.8) is 0 Å². The number of likely N-dealkylation sites (N-methyl/N-ethyl adjacent to an activating group) is 1. The Hall–Kier alpha value is -1.96. The second kappa shape index (κ2) is 11.1. The van der Waals surface area contributed by atoms with E-state index in [-0.39, 0.29) is 0 Å². The molecule has 2 saturated heterocycles. The molecule has 0 radical (unpaired) electrons. The number of benzene rings is 1. The lowest BCUT2D eigenvalue weighted by atomic mass is 10.0. The van der Waals surface area contributed by atoms with Gasteiger partial charge < -0.3 is 15.1 Å². The molecular formula is C21H33N3O4. The molecule has 0 atom stereocenters. The first-order valence-electron chi connectivity index (χ1n) is 10.1. The van der Waals surface area contributed by atoms with Crippen molar-refractivity contribution in [2.45, 2.75) is 39.3 Å². The van der Waals surface area contributed by atoms with Gasteiger partial charge in [0.05, 0.1) is 0 Å². The fraction of sp³-hybridized carbons (Fsp3) is 0.619. The first-order valence-corrected chi connectivity index (χ1v) is 10.1. The summed E-state index contributed by atoms with van der Waals surface area (Å²) in [4.78, 5) is 26.2. The molecule has 2 heterocycles. The predicted octanol–water partition coefficient (Wildman–Crippen LogP) is 1.75. The van der Waals surface area contributed by atoms with Crippen LogP contribution in [0.5, 0.6) is 0 Å². The Balaban J connectivity index is 0.000000409. The van der Waals surface area contributed by atoms with Crippen LogP contribution in [-0.2, 0) is 16.1 Å². The number of aryl methyl sites for hydroxylation is 1. The second-order valence-corrected chi connectivity index (χ2v) is 7.58. The molecule has 0 saturated carbocycles. The number of piperidine rings is 1. The highest BCUT2D eigenvalue weighted by atomic mass is 16.4. The van der Waals surface area contributed by atoms with Gasteiger partial charge in [-0.1, -0.05) is 36.8 Å². The van der Waals surface area contributed by atoms with E-state index < -0.39 is 11.9 Å². The minimum absolute atomic E-state index is 0.827. The van der Waals surface area contributed by atoms with Crippen molar-refractivity contribution in [2.75, 3.05) is 45.8 Å². The van der Waals surface area contributed by atoms with E-state index in [4.69, 9.17) is 19.8 Å². The van der Waals surface area contributed by atoms with Crippen LogP contribution in [0.3, 0.4) is 0 Å². The van der Waals surface area contributed by atoms with Gasteiger partial charge in [0, 0.05) is 38.8 Å². The van der Waals surface area contributed by atoms with Gasteiger partial charge in [0.25, 0.3) is 0 Å². The average Bonchev–Trinajstić information content (AvgIpc) is 2.69. The zero-order chi connectivity index (χ0) is 20.5. The zero-order valence-electron chi connectivity index (χ0n) is 17.0. The maximum atomic E-state index is 9.10. The van der Waals surface area contributed by atoms with Gasteiger partial charge in [0.2, 0.25) is 0 Å². The molecule has 7 heteroatoms. The lowest BCUT2D eigenvalue weighted by molar-refractivity contribution is -0.159. The SMILES string of the molecule is CCN1CCN(C2CCN(Cc3cccc(C)c3)CC2)CC1.O=C(O)C(=O)O. The molecule has 2 aliphatic heterocycles. The van der Waals surface area contributed by atoms with Crippen LogP contribution in [0.1, 0.15) is 30.9 Å². The highest BCUT2D eigenvalue weighted by Gasteiger charge is 2.26. The van der Waals surface area contributed by atoms with Crippen LogP contribution in [-0.4, -0.2) is 88.7 Å². The Labute approximate surface area is 167 Å². The van der Waals surface area contributed by atoms with Crippen LogP contribution >= 0.6 is 0 Å². The third kappa shape index (κ3) is 7.22. The van der Waals surface area contributed by atoms with Crippen LogP contribution in [0.4, 0.5) is 0 Å². The number of carbonyl (C=O) groups is 2. The minimum Gasteiger partial charge on any atom is -0.473 e. The Morgan fingerprint density at radius 2 is 1.57 bits per heavy atom. The number of piperazine rings is 1. The monoisotopic (exact) mass is 391 g/mol. The highest BCUT2D eigenvalue weighted by molar-refractivity contribution is 6.27. The second-order valence-electron chi connectivity index (χ2n) is 7.58. The third-order valence-electron chi connectivity index (χ3n) is 5.60. The van der Waals surface area contributed by atoms with Crippen molar-refractivity contribution in [1.82, 2.24) is 14.7 Å². The van der Waals surface area contributed by atoms with Crippen molar-refractivity contribution in [3.8, 4) is 0 Å². The molecule has 0 bridgehead atoms. The minimum atomic E-state index is -1.82. The molecule has 0 aromatic heterocycles. The Bertz CT molecular complexity index is 624. The van der Waals surface area contributed by atoms with Crippen molar-refractivity contribution >= 4 is 11.9 Å². The van der Waals surface area contributed by atoms with Gasteiger partial charge >= 0.3 is 11.9 Å². The van der Waals surface area contributed by atoms with Crippen LogP contribution in [0.2, 0.25) is 0 Å². The van der Waals surface area contributed by atoms with Gasteiger partial charge in [-0.15, -0.1) is 0 Å². The summed E-state index contributed by atoms with van der Waals surface area (Å²) in [6, 6.07) is 9.79. The van der Waals surface area contributed by atoms with E-state index in [0.717, 1.165) is 12.6 Å². The summed E-state index contributed by atoms with van der Waals surface area (Å²) < 4.78 is 0. The van der Waals surface area contributed by atoms with Crippen molar-refractivity contribution in [1.29, 1.82) is 0 Å². The highest BCUT2D eigenvalue weighted by Crippen LogP contribution is 2.20. The first kappa shape index (κ1) is 22.3. The number of likely N-dealkylation sites (tertiary alicyclic amines) is 1. The van der Waals surface area contributed by atoms with Crippen molar-refractivity contribution < 1.29 is 19.8 Å². The van der Waals surface area contributed by atoms with E-state index in [0.29, 0.717) is 0 Å². The topological polar surface area (TPSA) is 84.3 Å². The molecule has 1 aromatic carbocycles. The third-order valence-corrected chi connectivity index (χ3v) is 5.60. The lowest BCUT2D eigenvalue weighted by Gasteiger charge is -2.42. The van der Waals surface area contributed by atoms with Gasteiger partial charge in [-0.3, -0.25) is 9.80 Å². The summed E-state index contributed by atoms with van der Waals surface area (Å²) >= 11 is 0. The maximum Gasteiger partial charge on any atom is 0.414 e. The van der Waals surface area contributed by atoms with Gasteiger partial charge in [0.15, 0.2) is 0 Å². The maximum absolute atomic E-state index is 9.10. The fourth-order valence-electron chi connectivity index (χ4n) is 3.96. The number of hydrogen-bond acceptors (Lipinski definition) is 5. The number of rotatable bonds is 4. The standard InChI is InChI=1S/C19H31N3.C2H2O4/c1-3-20-11-13-22(14-12-20)19-7-9-21(10-8-19)16-18-6-4-5-17(2)15-18;3-1(4)2(5)6/h4-6,15,19H,3,7-14,16H2,1-2H3;(H,3,4)(H,5,6). The fourth-order valence-corrected chi connectivity index (χ4v) is 3.96. The summed E-state index contributed by atoms with van der Waals surface area (Å²) in [6.07, 6.45) is 2.69. The molecule has 0 aliphatic carbocycles. The lowest BCUT2D eigenvalue weighted by Crippen LogP contribution is -2.52. The van der Waals surface area contributed by atoms with E-state index in [1.54, 1.807) is 0 Å². The van der Waals surface area contributed by atoms with E-state index >= 15 is 0 Å². The molecule has 7 nitrogen and oxygen atoms in total. The first-order chi connectivity index (χ1) is 13.4. The summed E-state index contributed by atoms with van der Waals surface area (Å²) in [5.74, 6) is -3.65. The average molecular weight is 392 g/mol. The van der Waals surface area contributed by atoms with Crippen molar-refractivity contribution in [3.05, 3.63) is 35.4 Å². The number of aliphatic carboxylic acids is 2. The zero-order valence-corrected chi connectivity index (χ0v) is 17.0. The number of carboxylic acids is 2. The Morgan fingerprint density at radius 1 is 0.964 bits per heavy atom. The van der Waals surface area contributed by atoms with Gasteiger partial charge in [-0.25, -0.2) is 9.59 Å². The van der Waals surface area contributed by atoms with Crippen LogP contribution in [0.15, 0.2) is 24.3 Å². The number of carboxylic acid groups (broad SMARTS) is 2. The van der Waals surface area contributed by atoms with Crippen molar-refractivity contribution in [2.24, 2.45) is 0 Å². The smallest absolute Gasteiger partial charge is 0.414 e. The molecule has 0 unspecified atom stereocenters. The Morgan fingerprint density at radius 3 is 2.07 bits per heavy atom. The molecule has 0 spiro atoms. The summed E-state index contributed by atoms with van der Waals surface area (Å²) in [5.41, 5.74) is 2.84. The normalized spacial score (nSPS) is 19.6. The number of hydrogen-bond donors (Lipinski definition) is 2. The van der Waals surface area contributed by atoms with E-state index in [9.17, 15) is 0 Å². The number of nitrogens with zero attached hydrogens (tertiary/aromatic N) is 3. The molecular weight excluding hydrogens is 358 g/mol. The van der Waals surface area contributed by atoms with E-state index in [2.05, 4.69) is 52.8 Å². The molecule has 3 rings (SSSR count). The summed E-state index contributed by atoms with van der Waals surface area (Å²) in [5, 5.41) is 14.8. The van der Waals surface area contributed by atoms with Crippen LogP contribution in [0, 0.1) is 6.92 Å². The van der Waals surface area contributed by atoms with Gasteiger partial charge in [-0.2, -0.15) is 0 Å². The van der Waals surface area contributed by atoms with E-state index in [1.165, 1.54) is 69.8 Å². The Kier molecular flexibility index (Phi) is 8.89. The quantitative estimate of drug-likeness (QED) is 0.757.